The molecule has 0 spiro atoms. The van der Waals surface area contributed by atoms with Crippen LogP contribution in [0.25, 0.3) is 0 Å². The van der Waals surface area contributed by atoms with Crippen molar-refractivity contribution in [3.05, 3.63) is 35.4 Å². The molecule has 0 unspecified atom stereocenters. The van der Waals surface area contributed by atoms with Crippen LogP contribution < -0.4 is 0 Å². The molecule has 1 aliphatic heterocycles. The Morgan fingerprint density at radius 2 is 2.05 bits per heavy atom. The Morgan fingerprint density at radius 3 is 2.79 bits per heavy atom. The fourth-order valence-corrected chi connectivity index (χ4v) is 2.85. The van der Waals surface area contributed by atoms with E-state index >= 15 is 0 Å². The van der Waals surface area contributed by atoms with Gasteiger partial charge < -0.3 is 4.74 Å². The van der Waals surface area contributed by atoms with Gasteiger partial charge in [-0.1, -0.05) is 31.2 Å². The van der Waals surface area contributed by atoms with Gasteiger partial charge in [-0.2, -0.15) is 0 Å². The van der Waals surface area contributed by atoms with E-state index in [1.165, 1.54) is 5.56 Å². The van der Waals surface area contributed by atoms with Crippen LogP contribution >= 0.6 is 0 Å². The minimum absolute atomic E-state index is 0.194. The molecule has 0 amide bonds. The number of carbonyl (C=O) groups excluding carboxylic acids is 1. The molecule has 0 radical (unpaired) electrons. The summed E-state index contributed by atoms with van der Waals surface area (Å²) in [6, 6.07) is 8.29. The molecule has 19 heavy (non-hydrogen) atoms. The van der Waals surface area contributed by atoms with Crippen LogP contribution in [0.15, 0.2) is 29.3 Å². The predicted octanol–water partition coefficient (Wildman–Crippen LogP) is 2.91. The fraction of sp³-hybridized carbons (Fsp3) is 0.500. The smallest absolute Gasteiger partial charge is 0.334 e. The molecule has 0 aromatic heterocycles. The largest absolute Gasteiger partial charge is 0.451 e. The highest BCUT2D eigenvalue weighted by Crippen LogP contribution is 2.38. The highest BCUT2D eigenvalue weighted by molar-refractivity contribution is 6.12. The first-order valence-corrected chi connectivity index (χ1v) is 6.90. The molecule has 3 heteroatoms. The molecule has 1 aromatic rings. The first-order chi connectivity index (χ1) is 8.98. The van der Waals surface area contributed by atoms with Crippen molar-refractivity contribution >= 4 is 11.7 Å². The predicted molar refractivity (Wildman–Crippen MR) is 74.5 cm³/mol. The number of aryl methyl sites for hydroxylation is 1. The summed E-state index contributed by atoms with van der Waals surface area (Å²) in [7, 11) is 0. The molecule has 3 rings (SSSR count). The summed E-state index contributed by atoms with van der Waals surface area (Å²) in [5, 5.41) is 0. The van der Waals surface area contributed by atoms with Crippen molar-refractivity contribution in [2.24, 2.45) is 4.99 Å². The van der Waals surface area contributed by atoms with Crippen molar-refractivity contribution in [1.29, 1.82) is 0 Å². The van der Waals surface area contributed by atoms with Crippen molar-refractivity contribution in [3.8, 4) is 0 Å². The van der Waals surface area contributed by atoms with Crippen molar-refractivity contribution in [2.75, 3.05) is 0 Å². The lowest BCUT2D eigenvalue weighted by Crippen LogP contribution is -2.54. The lowest BCUT2D eigenvalue weighted by atomic mass is 9.77. The molecule has 0 fully saturated rings. The van der Waals surface area contributed by atoms with E-state index in [2.05, 4.69) is 18.2 Å². The number of benzene rings is 1. The molecule has 100 valence electrons. The Kier molecular flexibility index (Phi) is 2.56. The minimum atomic E-state index is -0.737. The zero-order valence-corrected chi connectivity index (χ0v) is 11.7. The lowest BCUT2D eigenvalue weighted by molar-refractivity contribution is -0.161. The van der Waals surface area contributed by atoms with Crippen molar-refractivity contribution < 1.29 is 9.53 Å². The number of nitrogens with zero attached hydrogens (tertiary/aromatic N) is 1. The van der Waals surface area contributed by atoms with E-state index in [1.807, 2.05) is 26.8 Å². The second kappa shape index (κ2) is 3.92. The molecule has 2 aliphatic rings. The normalized spacial score (nSPS) is 33.0. The molecule has 0 N–H and O–H groups in total. The Balaban J connectivity index is 2.20. The third kappa shape index (κ3) is 1.71. The molecule has 0 bridgehead atoms. The molecule has 1 aliphatic carbocycles. The molecular formula is C16H19NO2. The maximum atomic E-state index is 12.2. The third-order valence-electron chi connectivity index (χ3n) is 4.45. The highest BCUT2D eigenvalue weighted by Gasteiger charge is 2.49. The Hall–Kier alpha value is -1.64. The summed E-state index contributed by atoms with van der Waals surface area (Å²) in [5.74, 6) is -0.194. The van der Waals surface area contributed by atoms with Crippen LogP contribution in [-0.2, 0) is 16.0 Å². The number of hydrogen-bond acceptors (Lipinski definition) is 3. The van der Waals surface area contributed by atoms with Crippen LogP contribution in [0.2, 0.25) is 0 Å². The Bertz CT molecular complexity index is 578. The molecule has 0 saturated carbocycles. The van der Waals surface area contributed by atoms with Crippen molar-refractivity contribution in [1.82, 2.24) is 0 Å². The van der Waals surface area contributed by atoms with Gasteiger partial charge in [0.2, 0.25) is 0 Å². The molecule has 1 aromatic carbocycles. The third-order valence-corrected chi connectivity index (χ3v) is 4.45. The van der Waals surface area contributed by atoms with E-state index < -0.39 is 11.1 Å². The van der Waals surface area contributed by atoms with E-state index in [-0.39, 0.29) is 5.97 Å². The zero-order valence-electron chi connectivity index (χ0n) is 11.7. The number of rotatable bonds is 1. The van der Waals surface area contributed by atoms with Crippen LogP contribution in [0.3, 0.4) is 0 Å². The highest BCUT2D eigenvalue weighted by atomic mass is 16.6. The molecule has 2 atom stereocenters. The van der Waals surface area contributed by atoms with Crippen molar-refractivity contribution in [3.63, 3.8) is 0 Å². The van der Waals surface area contributed by atoms with E-state index in [0.29, 0.717) is 6.42 Å². The standard InChI is InChI=1S/C16H19NO2/c1-4-15(2)14(18)19-16(3)10-9-11-7-5-6-8-12(11)13(16)17-15/h5-8H,4,9-10H2,1-3H3/t15-,16-/m1/s1. The SMILES string of the molecule is CC[C@@]1(C)N=C2c3ccccc3CC[C@@]2(C)OC1=O. The van der Waals surface area contributed by atoms with Gasteiger partial charge in [0, 0.05) is 5.56 Å². The van der Waals surface area contributed by atoms with Gasteiger partial charge >= 0.3 is 5.97 Å². The second-order valence-corrected chi connectivity index (χ2v) is 5.87. The molecular weight excluding hydrogens is 238 g/mol. The summed E-state index contributed by atoms with van der Waals surface area (Å²) in [4.78, 5) is 17.0. The van der Waals surface area contributed by atoms with E-state index in [4.69, 9.17) is 9.73 Å². The van der Waals surface area contributed by atoms with Gasteiger partial charge in [-0.3, -0.25) is 4.99 Å². The second-order valence-electron chi connectivity index (χ2n) is 5.87. The van der Waals surface area contributed by atoms with Crippen LogP contribution in [0.1, 0.15) is 44.7 Å². The van der Waals surface area contributed by atoms with Gasteiger partial charge in [0.1, 0.15) is 0 Å². The molecule has 0 saturated heterocycles. The Morgan fingerprint density at radius 1 is 1.32 bits per heavy atom. The maximum absolute atomic E-state index is 12.2. The Labute approximate surface area is 113 Å². The number of esters is 1. The first kappa shape index (κ1) is 12.4. The number of hydrogen-bond donors (Lipinski definition) is 0. The average Bonchev–Trinajstić information content (AvgIpc) is 2.41. The summed E-state index contributed by atoms with van der Waals surface area (Å²) in [5.41, 5.74) is 2.09. The first-order valence-electron chi connectivity index (χ1n) is 6.90. The number of carbonyl (C=O) groups is 1. The maximum Gasteiger partial charge on any atom is 0.334 e. The number of ether oxygens (including phenoxy) is 1. The van der Waals surface area contributed by atoms with E-state index in [1.54, 1.807) is 0 Å². The summed E-state index contributed by atoms with van der Waals surface area (Å²) < 4.78 is 5.77. The summed E-state index contributed by atoms with van der Waals surface area (Å²) in [6.07, 6.45) is 2.41. The van der Waals surface area contributed by atoms with Crippen LogP contribution in [0.5, 0.6) is 0 Å². The monoisotopic (exact) mass is 257 g/mol. The van der Waals surface area contributed by atoms with Crippen molar-refractivity contribution in [2.45, 2.75) is 51.2 Å². The van der Waals surface area contributed by atoms with Crippen LogP contribution in [0.4, 0.5) is 0 Å². The van der Waals surface area contributed by atoms with Gasteiger partial charge in [-0.05, 0) is 38.7 Å². The number of aliphatic imine (C=N–C) groups is 1. The fourth-order valence-electron chi connectivity index (χ4n) is 2.85. The quantitative estimate of drug-likeness (QED) is 0.726. The van der Waals surface area contributed by atoms with Gasteiger partial charge in [0.15, 0.2) is 11.1 Å². The average molecular weight is 257 g/mol. The lowest BCUT2D eigenvalue weighted by Gasteiger charge is -2.43. The van der Waals surface area contributed by atoms with E-state index in [0.717, 1.165) is 24.1 Å². The van der Waals surface area contributed by atoms with E-state index in [9.17, 15) is 4.79 Å². The topological polar surface area (TPSA) is 38.7 Å². The summed E-state index contributed by atoms with van der Waals surface area (Å²) >= 11 is 0. The summed E-state index contributed by atoms with van der Waals surface area (Å²) in [6.45, 7) is 5.82. The van der Waals surface area contributed by atoms with Gasteiger partial charge in [0.25, 0.3) is 0 Å². The van der Waals surface area contributed by atoms with Crippen LogP contribution in [-0.4, -0.2) is 22.8 Å². The minimum Gasteiger partial charge on any atom is -0.451 e. The van der Waals surface area contributed by atoms with Crippen LogP contribution in [0, 0.1) is 0 Å². The number of fused-ring (bicyclic) bond motifs is 3. The molecule has 1 heterocycles. The van der Waals surface area contributed by atoms with Gasteiger partial charge in [-0.25, -0.2) is 4.79 Å². The van der Waals surface area contributed by atoms with Gasteiger partial charge in [-0.15, -0.1) is 0 Å². The molecule has 3 nitrogen and oxygen atoms in total. The zero-order chi connectivity index (χ0) is 13.7. The van der Waals surface area contributed by atoms with Gasteiger partial charge in [0.05, 0.1) is 5.71 Å².